The number of benzene rings is 2. The van der Waals surface area contributed by atoms with Crippen LogP contribution in [0.5, 0.6) is 0 Å². The third kappa shape index (κ3) is 16.8. The van der Waals surface area contributed by atoms with E-state index in [0.717, 1.165) is 49.3 Å². The summed E-state index contributed by atoms with van der Waals surface area (Å²) in [5, 5.41) is 10.8. The van der Waals surface area contributed by atoms with Crippen LogP contribution in [-0.4, -0.2) is 62.5 Å². The molecule has 8 nitrogen and oxygen atoms in total. The summed E-state index contributed by atoms with van der Waals surface area (Å²) in [6, 6.07) is 10.1. The van der Waals surface area contributed by atoms with Gasteiger partial charge in [0.25, 0.3) is 0 Å². The van der Waals surface area contributed by atoms with E-state index in [1.54, 1.807) is 0 Å². The summed E-state index contributed by atoms with van der Waals surface area (Å²) in [5.41, 5.74) is 13.2. The van der Waals surface area contributed by atoms with Gasteiger partial charge >= 0.3 is 6.09 Å². The average molecular weight is 710 g/mol. The molecule has 0 aliphatic heterocycles. The number of carbonyl (C=O) groups excluding carboxylic acids is 2. The van der Waals surface area contributed by atoms with Gasteiger partial charge in [0.2, 0.25) is 5.91 Å². The van der Waals surface area contributed by atoms with E-state index in [9.17, 15) is 27.7 Å². The molecular formula is C36H53F2N3O5S2. The summed E-state index contributed by atoms with van der Waals surface area (Å²) in [6.07, 6.45) is 12.8. The molecule has 268 valence electrons. The zero-order valence-corrected chi connectivity index (χ0v) is 30.1. The Labute approximate surface area is 290 Å². The Kier molecular flexibility index (Phi) is 20.1. The van der Waals surface area contributed by atoms with Crippen LogP contribution < -0.4 is 11.5 Å². The van der Waals surface area contributed by atoms with Gasteiger partial charge in [-0.05, 0) is 84.5 Å². The van der Waals surface area contributed by atoms with Crippen LogP contribution in [0.25, 0.3) is 0 Å². The van der Waals surface area contributed by atoms with E-state index in [0.29, 0.717) is 18.1 Å². The number of nitrogens with two attached hydrogens (primary N) is 2. The maximum atomic E-state index is 13.6. The highest BCUT2D eigenvalue weighted by atomic mass is 32.8. The molecule has 0 radical (unpaired) electrons. The van der Waals surface area contributed by atoms with Crippen molar-refractivity contribution in [1.29, 1.82) is 0 Å². The molecule has 3 atom stereocenters. The van der Waals surface area contributed by atoms with Crippen LogP contribution in [0.1, 0.15) is 82.4 Å². The number of ether oxygens (including phenoxy) is 1. The second kappa shape index (κ2) is 22.5. The highest BCUT2D eigenvalue weighted by molar-refractivity contribution is 8.33. The fourth-order valence-electron chi connectivity index (χ4n) is 5.11. The third-order valence-corrected chi connectivity index (χ3v) is 11.5. The zero-order valence-electron chi connectivity index (χ0n) is 28.5. The van der Waals surface area contributed by atoms with Crippen LogP contribution in [-0.2, 0) is 48.6 Å². The number of amides is 2. The largest absolute Gasteiger partial charge is 0.449 e. The molecule has 0 saturated heterocycles. The summed E-state index contributed by atoms with van der Waals surface area (Å²) in [4.78, 5) is 24.8. The van der Waals surface area contributed by atoms with Gasteiger partial charge in [-0.3, -0.25) is 9.00 Å². The van der Waals surface area contributed by atoms with Crippen LogP contribution in [0.4, 0.5) is 13.6 Å². The van der Waals surface area contributed by atoms with Crippen LogP contribution >= 0.6 is 0 Å². The number of carbonyl (C=O) groups is 2. The van der Waals surface area contributed by atoms with Gasteiger partial charge in [0.1, 0.15) is 11.6 Å². The summed E-state index contributed by atoms with van der Waals surface area (Å²) >= 11 is 5.51. The number of terminal acetylenes is 1. The number of nitrogens with zero attached hydrogens (tertiary/aromatic N) is 1. The lowest BCUT2D eigenvalue weighted by molar-refractivity contribution is -0.133. The van der Waals surface area contributed by atoms with Crippen molar-refractivity contribution in [2.24, 2.45) is 17.4 Å². The molecule has 1 aliphatic rings. The molecule has 1 saturated carbocycles. The number of hydrogen-bond donors (Lipinski definition) is 3. The average Bonchev–Trinajstić information content (AvgIpc) is 3.88. The molecule has 1 unspecified atom stereocenters. The van der Waals surface area contributed by atoms with Crippen molar-refractivity contribution >= 4 is 31.7 Å². The summed E-state index contributed by atoms with van der Waals surface area (Å²) in [7, 11) is -2.62. The fraction of sp³-hybridized carbons (Fsp3) is 0.556. The number of aryl methyl sites for hydroxylation is 1. The lowest BCUT2D eigenvalue weighted by Crippen LogP contribution is -2.46. The van der Waals surface area contributed by atoms with Crippen molar-refractivity contribution < 1.29 is 32.4 Å². The molecule has 0 bridgehead atoms. The van der Waals surface area contributed by atoms with E-state index in [1.807, 2.05) is 45.0 Å². The van der Waals surface area contributed by atoms with E-state index in [4.69, 9.17) is 22.7 Å². The van der Waals surface area contributed by atoms with Gasteiger partial charge < -0.3 is 26.2 Å². The van der Waals surface area contributed by atoms with Gasteiger partial charge in [0.05, 0.1) is 12.7 Å². The molecule has 2 aromatic rings. The van der Waals surface area contributed by atoms with Gasteiger partial charge in [-0.15, -0.1) is 12.8 Å². The number of aliphatic hydroxyl groups is 1. The van der Waals surface area contributed by atoms with Gasteiger partial charge in [-0.2, -0.15) is 0 Å². The molecule has 0 aromatic heterocycles. The molecule has 48 heavy (non-hydrogen) atoms. The SMILES string of the molecule is C#C.CCCC(CCC)S(=O)(=S)CCC(=O)N(Cc1cccc(CC)c1)C[C@@H](O)[C@@H](N)Cc1cc(F)cc(F)c1.NC(=O)OCC1CC1. The third-order valence-electron chi connectivity index (χ3n) is 7.91. The molecule has 1 aliphatic carbocycles. The Bertz CT molecular complexity index is 1380. The van der Waals surface area contributed by atoms with Crippen molar-refractivity contribution in [3.63, 3.8) is 0 Å². The fourth-order valence-corrected chi connectivity index (χ4v) is 7.92. The maximum Gasteiger partial charge on any atom is 0.404 e. The summed E-state index contributed by atoms with van der Waals surface area (Å²) in [5.74, 6) is -0.971. The molecule has 5 N–H and O–H groups in total. The van der Waals surface area contributed by atoms with E-state index in [-0.39, 0.29) is 42.8 Å². The Morgan fingerprint density at radius 3 is 2.15 bits per heavy atom. The van der Waals surface area contributed by atoms with Gasteiger partial charge in [0, 0.05) is 51.1 Å². The Hall–Kier alpha value is -3.11. The van der Waals surface area contributed by atoms with Gasteiger partial charge in [-0.1, -0.05) is 57.9 Å². The normalized spacial score (nSPS) is 14.7. The first-order chi connectivity index (χ1) is 22.8. The van der Waals surface area contributed by atoms with E-state index in [2.05, 4.69) is 17.6 Å². The number of primary amides is 1. The van der Waals surface area contributed by atoms with Gasteiger partial charge in [-0.25, -0.2) is 13.6 Å². The van der Waals surface area contributed by atoms with E-state index in [1.165, 1.54) is 29.9 Å². The van der Waals surface area contributed by atoms with Crippen LogP contribution in [0.2, 0.25) is 0 Å². The van der Waals surface area contributed by atoms with Crippen molar-refractivity contribution in [2.45, 2.75) is 102 Å². The molecule has 0 heterocycles. The number of hydrogen-bond acceptors (Lipinski definition) is 7. The second-order valence-corrected chi connectivity index (χ2v) is 16.1. The van der Waals surface area contributed by atoms with Crippen LogP contribution in [0.15, 0.2) is 42.5 Å². The highest BCUT2D eigenvalue weighted by Gasteiger charge is 2.26. The Morgan fingerprint density at radius 2 is 1.62 bits per heavy atom. The number of aliphatic hydroxyl groups excluding tert-OH is 1. The van der Waals surface area contributed by atoms with Crippen LogP contribution in [0, 0.1) is 30.4 Å². The first-order valence-electron chi connectivity index (χ1n) is 16.5. The quantitative estimate of drug-likeness (QED) is 0.171. The highest BCUT2D eigenvalue weighted by Crippen LogP contribution is 2.28. The Balaban J connectivity index is 0.000000989. The minimum atomic E-state index is -2.62. The van der Waals surface area contributed by atoms with E-state index < -0.39 is 38.4 Å². The summed E-state index contributed by atoms with van der Waals surface area (Å²) < 4.78 is 45.1. The number of halogens is 2. The summed E-state index contributed by atoms with van der Waals surface area (Å²) in [6.45, 7) is 6.82. The van der Waals surface area contributed by atoms with Crippen molar-refractivity contribution in [3.05, 3.63) is 70.8 Å². The Morgan fingerprint density at radius 1 is 1.04 bits per heavy atom. The standard InChI is InChI=1S/C29H42F2N2O3S2.C5H9NO2.C2H2/c1-4-8-26(9-5-2)38(36,37)13-12-29(35)33(19-22-11-7-10-21(6-3)14-22)20-28(34)27(32)17-23-15-24(30)18-25(31)16-23;6-5(7)8-3-4-1-2-4;1-2/h7,10-11,14-16,18,26-28,34H,4-6,8-9,12-13,17,19-20,32H2,1-3H3;4H,1-3H2,(H2,6,7);1-2H/t27-,28+,38?;;/m0../s1. The smallest absolute Gasteiger partial charge is 0.404 e. The monoisotopic (exact) mass is 709 g/mol. The van der Waals surface area contributed by atoms with Crippen molar-refractivity contribution in [2.75, 3.05) is 18.9 Å². The minimum Gasteiger partial charge on any atom is -0.449 e. The molecular weight excluding hydrogens is 657 g/mol. The van der Waals surface area contributed by atoms with Gasteiger partial charge in [0.15, 0.2) is 0 Å². The molecule has 3 rings (SSSR count). The van der Waals surface area contributed by atoms with Crippen molar-refractivity contribution in [1.82, 2.24) is 4.90 Å². The predicted octanol–water partition coefficient (Wildman–Crippen LogP) is 5.63. The number of rotatable bonds is 18. The lowest BCUT2D eigenvalue weighted by Gasteiger charge is -2.29. The predicted molar refractivity (Wildman–Crippen MR) is 192 cm³/mol. The minimum absolute atomic E-state index is 0.0107. The van der Waals surface area contributed by atoms with Crippen molar-refractivity contribution in [3.8, 4) is 12.8 Å². The first-order valence-corrected chi connectivity index (χ1v) is 19.2. The maximum absolute atomic E-state index is 13.6. The first kappa shape index (κ1) is 42.9. The van der Waals surface area contributed by atoms with E-state index >= 15 is 0 Å². The molecule has 2 amide bonds. The molecule has 2 aromatic carbocycles. The molecule has 12 heteroatoms. The topological polar surface area (TPSA) is 136 Å². The molecule has 0 spiro atoms. The van der Waals surface area contributed by atoms with Crippen LogP contribution in [0.3, 0.4) is 0 Å². The zero-order chi connectivity index (χ0) is 36.3. The second-order valence-electron chi connectivity index (χ2n) is 12.1. The molecule has 1 fully saturated rings. The lowest BCUT2D eigenvalue weighted by atomic mass is 10.0.